The molecule has 0 aliphatic heterocycles. The normalized spacial score (nSPS) is 13.5. The molecule has 112 valence electrons. The van der Waals surface area contributed by atoms with Crippen molar-refractivity contribution < 1.29 is 9.59 Å². The van der Waals surface area contributed by atoms with E-state index in [0.717, 1.165) is 24.1 Å². The van der Waals surface area contributed by atoms with Crippen molar-refractivity contribution in [3.63, 3.8) is 0 Å². The summed E-state index contributed by atoms with van der Waals surface area (Å²) in [6.07, 6.45) is 5.11. The van der Waals surface area contributed by atoms with Gasteiger partial charge < -0.3 is 10.6 Å². The minimum absolute atomic E-state index is 0.0801. The van der Waals surface area contributed by atoms with Crippen molar-refractivity contribution in [1.29, 1.82) is 0 Å². The van der Waals surface area contributed by atoms with Crippen LogP contribution in [0.1, 0.15) is 28.8 Å². The van der Waals surface area contributed by atoms with Gasteiger partial charge in [-0.25, -0.2) is 0 Å². The van der Waals surface area contributed by atoms with Crippen molar-refractivity contribution in [2.75, 3.05) is 5.32 Å². The monoisotopic (exact) mass is 295 g/mol. The number of aromatic nitrogens is 1. The predicted molar refractivity (Wildman–Crippen MR) is 83.2 cm³/mol. The molecule has 0 radical (unpaired) electrons. The van der Waals surface area contributed by atoms with Gasteiger partial charge in [0, 0.05) is 30.5 Å². The average Bonchev–Trinajstić information content (AvgIpc) is 3.39. The summed E-state index contributed by atoms with van der Waals surface area (Å²) in [7, 11) is 0. The Morgan fingerprint density at radius 2 is 2.05 bits per heavy atom. The van der Waals surface area contributed by atoms with Gasteiger partial charge in [0.15, 0.2) is 0 Å². The van der Waals surface area contributed by atoms with Crippen molar-refractivity contribution in [3.8, 4) is 0 Å². The third-order valence-corrected chi connectivity index (χ3v) is 3.52. The second kappa shape index (κ2) is 6.39. The number of hydrogen-bond donors (Lipinski definition) is 2. The lowest BCUT2D eigenvalue weighted by Gasteiger charge is -2.08. The van der Waals surface area contributed by atoms with Gasteiger partial charge in [0.1, 0.15) is 0 Å². The Hall–Kier alpha value is -2.69. The molecule has 1 aliphatic carbocycles. The van der Waals surface area contributed by atoms with Crippen molar-refractivity contribution in [2.45, 2.75) is 19.4 Å². The number of anilines is 1. The van der Waals surface area contributed by atoms with Crippen LogP contribution in [0.15, 0.2) is 48.8 Å². The van der Waals surface area contributed by atoms with Crippen molar-refractivity contribution >= 4 is 17.5 Å². The molecular formula is C17H17N3O2. The van der Waals surface area contributed by atoms with Crippen LogP contribution in [-0.4, -0.2) is 16.8 Å². The first-order chi connectivity index (χ1) is 10.7. The fraction of sp³-hybridized carbons (Fsp3) is 0.235. The van der Waals surface area contributed by atoms with Gasteiger partial charge in [0.2, 0.25) is 5.91 Å². The SMILES string of the molecule is O=C(NCc1cccc(NC(=O)C2CC2)c1)c1cccnc1. The van der Waals surface area contributed by atoms with Gasteiger partial charge in [0.05, 0.1) is 5.56 Å². The van der Waals surface area contributed by atoms with E-state index in [1.807, 2.05) is 24.3 Å². The molecule has 1 aromatic carbocycles. The zero-order chi connectivity index (χ0) is 15.4. The number of rotatable bonds is 5. The summed E-state index contributed by atoms with van der Waals surface area (Å²) < 4.78 is 0. The molecule has 5 heteroatoms. The van der Waals surface area contributed by atoms with E-state index in [9.17, 15) is 9.59 Å². The van der Waals surface area contributed by atoms with Crippen LogP contribution in [0.2, 0.25) is 0 Å². The van der Waals surface area contributed by atoms with E-state index >= 15 is 0 Å². The van der Waals surface area contributed by atoms with E-state index < -0.39 is 0 Å². The fourth-order valence-corrected chi connectivity index (χ4v) is 2.13. The quantitative estimate of drug-likeness (QED) is 0.889. The van der Waals surface area contributed by atoms with E-state index in [2.05, 4.69) is 15.6 Å². The van der Waals surface area contributed by atoms with Crippen LogP contribution in [0.3, 0.4) is 0 Å². The first kappa shape index (κ1) is 14.3. The Bertz CT molecular complexity index is 681. The minimum Gasteiger partial charge on any atom is -0.348 e. The summed E-state index contributed by atoms with van der Waals surface area (Å²) >= 11 is 0. The zero-order valence-corrected chi connectivity index (χ0v) is 12.1. The smallest absolute Gasteiger partial charge is 0.253 e. The maximum absolute atomic E-state index is 12.0. The van der Waals surface area contributed by atoms with E-state index in [4.69, 9.17) is 0 Å². The summed E-state index contributed by atoms with van der Waals surface area (Å²) in [4.78, 5) is 27.6. The van der Waals surface area contributed by atoms with Crippen LogP contribution in [-0.2, 0) is 11.3 Å². The number of nitrogens with zero attached hydrogens (tertiary/aromatic N) is 1. The molecule has 0 spiro atoms. The summed E-state index contributed by atoms with van der Waals surface area (Å²) in [5.41, 5.74) is 2.23. The number of benzene rings is 1. The fourth-order valence-electron chi connectivity index (χ4n) is 2.13. The molecule has 2 aromatic rings. The maximum atomic E-state index is 12.0. The summed E-state index contributed by atoms with van der Waals surface area (Å²) in [6.45, 7) is 0.404. The molecule has 3 rings (SSSR count). The molecule has 1 fully saturated rings. The van der Waals surface area contributed by atoms with Gasteiger partial charge in [-0.05, 0) is 42.7 Å². The Labute approximate surface area is 128 Å². The van der Waals surface area contributed by atoms with E-state index in [1.54, 1.807) is 18.3 Å². The molecule has 1 aliphatic rings. The average molecular weight is 295 g/mol. The Morgan fingerprint density at radius 1 is 1.18 bits per heavy atom. The van der Waals surface area contributed by atoms with Gasteiger partial charge in [0.25, 0.3) is 5.91 Å². The molecule has 0 saturated heterocycles. The molecule has 5 nitrogen and oxygen atoms in total. The largest absolute Gasteiger partial charge is 0.348 e. The predicted octanol–water partition coefficient (Wildman–Crippen LogP) is 2.36. The van der Waals surface area contributed by atoms with Crippen molar-refractivity contribution in [2.24, 2.45) is 5.92 Å². The second-order valence-corrected chi connectivity index (χ2v) is 5.39. The van der Waals surface area contributed by atoms with Crippen LogP contribution >= 0.6 is 0 Å². The Balaban J connectivity index is 1.58. The molecule has 1 saturated carbocycles. The van der Waals surface area contributed by atoms with E-state index in [-0.39, 0.29) is 17.7 Å². The summed E-state index contributed by atoms with van der Waals surface area (Å²) in [5, 5.41) is 5.74. The van der Waals surface area contributed by atoms with Crippen LogP contribution in [0.25, 0.3) is 0 Å². The molecule has 0 bridgehead atoms. The number of carbonyl (C=O) groups excluding carboxylic acids is 2. The molecule has 1 aromatic heterocycles. The highest BCUT2D eigenvalue weighted by Gasteiger charge is 2.29. The standard InChI is InChI=1S/C17H17N3O2/c21-16(14-4-2-8-18-11-14)19-10-12-3-1-5-15(9-12)20-17(22)13-6-7-13/h1-5,8-9,11,13H,6-7,10H2,(H,19,21)(H,20,22). The molecule has 1 heterocycles. The lowest BCUT2D eigenvalue weighted by Crippen LogP contribution is -2.23. The first-order valence-corrected chi connectivity index (χ1v) is 7.30. The minimum atomic E-state index is -0.166. The van der Waals surface area contributed by atoms with Crippen LogP contribution in [0.4, 0.5) is 5.69 Å². The third kappa shape index (κ3) is 3.69. The highest BCUT2D eigenvalue weighted by atomic mass is 16.2. The van der Waals surface area contributed by atoms with Gasteiger partial charge >= 0.3 is 0 Å². The third-order valence-electron chi connectivity index (χ3n) is 3.52. The highest BCUT2D eigenvalue weighted by molar-refractivity contribution is 5.94. The molecular weight excluding hydrogens is 278 g/mol. The number of hydrogen-bond acceptors (Lipinski definition) is 3. The van der Waals surface area contributed by atoms with Gasteiger partial charge in [-0.2, -0.15) is 0 Å². The molecule has 2 amide bonds. The first-order valence-electron chi connectivity index (χ1n) is 7.30. The van der Waals surface area contributed by atoms with Gasteiger partial charge in [-0.3, -0.25) is 14.6 Å². The van der Waals surface area contributed by atoms with Crippen LogP contribution < -0.4 is 10.6 Å². The zero-order valence-electron chi connectivity index (χ0n) is 12.1. The van der Waals surface area contributed by atoms with Crippen LogP contribution in [0.5, 0.6) is 0 Å². The lowest BCUT2D eigenvalue weighted by molar-refractivity contribution is -0.117. The van der Waals surface area contributed by atoms with Gasteiger partial charge in [-0.1, -0.05) is 12.1 Å². The van der Waals surface area contributed by atoms with Crippen LogP contribution in [0, 0.1) is 5.92 Å². The summed E-state index contributed by atoms with van der Waals surface area (Å²) in [6, 6.07) is 11.0. The Morgan fingerprint density at radius 3 is 2.77 bits per heavy atom. The molecule has 2 N–H and O–H groups in total. The molecule has 0 unspecified atom stereocenters. The number of nitrogens with one attached hydrogen (secondary N) is 2. The number of amides is 2. The number of carbonyl (C=O) groups is 2. The van der Waals surface area contributed by atoms with Gasteiger partial charge in [-0.15, -0.1) is 0 Å². The maximum Gasteiger partial charge on any atom is 0.253 e. The number of pyridine rings is 1. The second-order valence-electron chi connectivity index (χ2n) is 5.39. The molecule has 22 heavy (non-hydrogen) atoms. The molecule has 0 atom stereocenters. The lowest BCUT2D eigenvalue weighted by atomic mass is 10.2. The highest BCUT2D eigenvalue weighted by Crippen LogP contribution is 2.30. The van der Waals surface area contributed by atoms with Crippen molar-refractivity contribution in [1.82, 2.24) is 10.3 Å². The Kier molecular flexibility index (Phi) is 4.14. The summed E-state index contributed by atoms with van der Waals surface area (Å²) in [5.74, 6) is 0.0889. The van der Waals surface area contributed by atoms with E-state index in [0.29, 0.717) is 12.1 Å². The van der Waals surface area contributed by atoms with E-state index in [1.165, 1.54) is 6.20 Å². The van der Waals surface area contributed by atoms with Crippen molar-refractivity contribution in [3.05, 3.63) is 59.9 Å². The topological polar surface area (TPSA) is 71.1 Å².